The zero-order valence-corrected chi connectivity index (χ0v) is 16.5. The van der Waals surface area contributed by atoms with Crippen molar-refractivity contribution in [2.24, 2.45) is 0 Å². The average molecular weight is 356 g/mol. The first-order chi connectivity index (χ1) is 5.10. The molecule has 0 spiro atoms. The minimum atomic E-state index is -4.17. The molecule has 0 bridgehead atoms. The molecule has 0 aromatic carbocycles. The molecule has 0 heterocycles. The summed E-state index contributed by atoms with van der Waals surface area (Å²) in [7, 11) is -8.34. The molecule has 0 radical (unpaired) electrons. The van der Waals surface area contributed by atoms with E-state index in [0.717, 1.165) is 0 Å². The van der Waals surface area contributed by atoms with Gasteiger partial charge in [0.2, 0.25) is 0 Å². The molecule has 0 saturated carbocycles. The number of hydrogen-bond acceptors (Lipinski definition) is 9. The molecule has 0 saturated heterocycles. The van der Waals surface area contributed by atoms with Crippen molar-refractivity contribution in [2.75, 3.05) is 0 Å². The Morgan fingerprint density at radius 3 is 1.31 bits per heavy atom. The molecule has 2 atom stereocenters. The third-order valence-corrected chi connectivity index (χ3v) is 3.55. The van der Waals surface area contributed by atoms with E-state index < -0.39 is 29.5 Å². The molecule has 8 N–H and O–H groups in total. The van der Waals surface area contributed by atoms with Gasteiger partial charge in [-0.05, 0) is 0 Å². The van der Waals surface area contributed by atoms with Gasteiger partial charge in [-0.25, -0.2) is 0 Å². The van der Waals surface area contributed by atoms with Crippen LogP contribution in [0, 0.1) is 0 Å². The van der Waals surface area contributed by atoms with Crippen LogP contribution in [0.1, 0.15) is 2.85 Å². The van der Waals surface area contributed by atoms with E-state index in [0.29, 0.717) is 0 Å². The van der Waals surface area contributed by atoms with E-state index in [1.165, 1.54) is 0 Å². The summed E-state index contributed by atoms with van der Waals surface area (Å²) in [6.07, 6.45) is 0. The minimum absolute atomic E-state index is 0. The average Bonchev–Trinajstić information content (AvgIpc) is 1.49. The van der Waals surface area contributed by atoms with Crippen molar-refractivity contribution in [3.8, 4) is 0 Å². The fraction of sp³-hybridized carbons (Fsp3) is 0. The summed E-state index contributed by atoms with van der Waals surface area (Å²) in [5.74, 6) is 0. The molecule has 94 valence electrons. The van der Waals surface area contributed by atoms with Crippen LogP contribution in [-0.2, 0) is 59.1 Å². The molecular formula is H10N2Na2O7S5. The van der Waals surface area contributed by atoms with Gasteiger partial charge in [0.1, 0.15) is 0 Å². The molecule has 0 aliphatic carbocycles. The van der Waals surface area contributed by atoms with E-state index >= 15 is 0 Å². The van der Waals surface area contributed by atoms with E-state index in [9.17, 15) is 12.6 Å². The summed E-state index contributed by atoms with van der Waals surface area (Å²) in [4.78, 5) is 0. The Balaban J connectivity index is -0.0000000403. The molecule has 0 fully saturated rings. The number of hydrogen-bond donors (Lipinski definition) is 4. The van der Waals surface area contributed by atoms with Crippen LogP contribution in [0.25, 0.3) is 0 Å². The van der Waals surface area contributed by atoms with Crippen LogP contribution >= 0.6 is 0 Å². The Kier molecular flexibility index (Phi) is 24.7. The molecule has 0 aromatic rings. The Bertz CT molecular complexity index is 345. The van der Waals surface area contributed by atoms with E-state index in [4.69, 9.17) is 9.11 Å². The molecule has 9 nitrogen and oxygen atoms in total. The molecule has 2 unspecified atom stereocenters. The van der Waals surface area contributed by atoms with E-state index in [1.807, 2.05) is 0 Å². The Hall–Kier alpha value is 2.65. The maximum Gasteiger partial charge on any atom is 1.00 e. The van der Waals surface area contributed by atoms with Crippen LogP contribution in [0.5, 0.6) is 0 Å². The summed E-state index contributed by atoms with van der Waals surface area (Å²) in [5.41, 5.74) is 0. The summed E-state index contributed by atoms with van der Waals surface area (Å²) < 4.78 is 54.2. The largest absolute Gasteiger partial charge is 1.00 e. The van der Waals surface area contributed by atoms with Gasteiger partial charge in [0, 0.05) is 22.4 Å². The van der Waals surface area contributed by atoms with Crippen molar-refractivity contribution >= 4 is 51.8 Å². The van der Waals surface area contributed by atoms with Crippen LogP contribution in [0.3, 0.4) is 0 Å². The van der Waals surface area contributed by atoms with Crippen LogP contribution in [0.4, 0.5) is 0 Å². The molecule has 0 amide bonds. The maximum absolute atomic E-state index is 10.3. The maximum atomic E-state index is 10.3. The first kappa shape index (κ1) is 31.2. The van der Waals surface area contributed by atoms with Crippen LogP contribution < -0.4 is 71.4 Å². The van der Waals surface area contributed by atoms with Crippen molar-refractivity contribution < 1.29 is 91.0 Å². The second-order valence-electron chi connectivity index (χ2n) is 1.20. The summed E-state index contributed by atoms with van der Waals surface area (Å²) >= 11 is 4.54. The Morgan fingerprint density at radius 2 is 1.19 bits per heavy atom. The zero-order chi connectivity index (χ0) is 9.99. The monoisotopic (exact) mass is 356 g/mol. The quantitative estimate of drug-likeness (QED) is 0.352. The van der Waals surface area contributed by atoms with Crippen LogP contribution in [0.15, 0.2) is 0 Å². The van der Waals surface area contributed by atoms with Gasteiger partial charge in [-0.15, -0.1) is 7.26 Å². The third-order valence-electron chi connectivity index (χ3n) is 0.283. The van der Waals surface area contributed by atoms with Gasteiger partial charge < -0.3 is 15.2 Å². The first-order valence-electron chi connectivity index (χ1n) is 1.87. The fourth-order valence-electron chi connectivity index (χ4n) is 0.152. The predicted molar refractivity (Wildman–Crippen MR) is 58.9 cm³/mol. The second kappa shape index (κ2) is 12.7. The predicted octanol–water partition coefficient (Wildman–Crippen LogP) is -6.58. The molecule has 0 aliphatic rings. The van der Waals surface area contributed by atoms with E-state index in [1.54, 1.807) is 0 Å². The Morgan fingerprint density at radius 1 is 1.00 bits per heavy atom. The van der Waals surface area contributed by atoms with Gasteiger partial charge in [-0.1, -0.05) is 0 Å². The summed E-state index contributed by atoms with van der Waals surface area (Å²) in [5, 5.41) is 0. The smallest absolute Gasteiger partial charge is 1.00 e. The molecular weight excluding hydrogens is 346 g/mol. The van der Waals surface area contributed by atoms with Crippen molar-refractivity contribution in [3.63, 3.8) is 0 Å². The molecule has 16 heavy (non-hydrogen) atoms. The standard InChI is InChI=1S/2H3N.2Na.H2O7S5.2H/c;;;;1-10(6-11(2,3)8)7-12(4,5)9;;/h2*1H3;;;(H,2,3,8)(H,4,5,9);;/q;;2*+1;;2*-1. The van der Waals surface area contributed by atoms with Crippen molar-refractivity contribution in [2.45, 2.75) is 0 Å². The molecule has 0 aliphatic heterocycles. The third kappa shape index (κ3) is 25.5. The van der Waals surface area contributed by atoms with Gasteiger partial charge in [0.05, 0.1) is 0 Å². The molecule has 0 rings (SSSR count). The second-order valence-corrected chi connectivity index (χ2v) is 6.93. The summed E-state index contributed by atoms with van der Waals surface area (Å²) in [6.45, 7) is 0. The van der Waals surface area contributed by atoms with Crippen LogP contribution in [-0.4, -0.2) is 21.7 Å². The fourth-order valence-corrected chi connectivity index (χ4v) is 2.39. The SMILES string of the molecule is N.N.O=S(OS(=O)(O)=S)OS(=O)(O)=S.[H-].[H-].[Na+].[Na+]. The molecule has 0 aromatic heterocycles. The number of rotatable bonds is 4. The first-order valence-corrected chi connectivity index (χ1v) is 7.60. The van der Waals surface area contributed by atoms with Crippen molar-refractivity contribution in [3.05, 3.63) is 0 Å². The van der Waals surface area contributed by atoms with Gasteiger partial charge >= 0.3 is 70.5 Å². The van der Waals surface area contributed by atoms with Gasteiger partial charge in [-0.3, -0.25) is 9.11 Å². The van der Waals surface area contributed by atoms with E-state index in [-0.39, 0.29) is 74.3 Å². The van der Waals surface area contributed by atoms with E-state index in [2.05, 4.69) is 29.6 Å². The topological polar surface area (TPSA) is 180 Å². The van der Waals surface area contributed by atoms with Crippen molar-refractivity contribution in [1.29, 1.82) is 0 Å². The van der Waals surface area contributed by atoms with Crippen molar-refractivity contribution in [1.82, 2.24) is 12.3 Å². The van der Waals surface area contributed by atoms with Gasteiger partial charge in [0.15, 0.2) is 0 Å². The van der Waals surface area contributed by atoms with Crippen LogP contribution in [0.2, 0.25) is 0 Å². The minimum Gasteiger partial charge on any atom is -1.00 e. The van der Waals surface area contributed by atoms with Gasteiger partial charge in [-0.2, -0.15) is 12.6 Å². The Labute approximate surface area is 153 Å². The summed E-state index contributed by atoms with van der Waals surface area (Å²) in [6, 6.07) is 0. The zero-order valence-electron chi connectivity index (χ0n) is 10.4. The molecule has 16 heteroatoms. The normalized spacial score (nSPS) is 17.9. The van der Waals surface area contributed by atoms with Gasteiger partial charge in [0.25, 0.3) is 18.1 Å².